The van der Waals surface area contributed by atoms with E-state index in [4.69, 9.17) is 9.47 Å². The highest BCUT2D eigenvalue weighted by molar-refractivity contribution is 7.98. The van der Waals surface area contributed by atoms with Crippen molar-refractivity contribution in [1.82, 2.24) is 5.32 Å². The van der Waals surface area contributed by atoms with E-state index in [9.17, 15) is 24.6 Å². The molecule has 0 radical (unpaired) electrons. The molecule has 2 rings (SSSR count). The first-order valence-electron chi connectivity index (χ1n) is 7.94. The molecule has 0 aromatic heterocycles. The number of thioether (sulfide) groups is 1. The lowest BCUT2D eigenvalue weighted by atomic mass is 10.0. The number of carbonyl (C=O) groups is 3. The van der Waals surface area contributed by atoms with Gasteiger partial charge in [-0.3, -0.25) is 4.79 Å². The fraction of sp³-hybridized carbons (Fsp3) is 0.471. The molecule has 0 bridgehead atoms. The van der Waals surface area contributed by atoms with E-state index < -0.39 is 30.0 Å². The van der Waals surface area contributed by atoms with Crippen LogP contribution in [0.1, 0.15) is 34.8 Å². The standard InChI is InChI=1S/C17H21NO7S/c1-8-4-14(20)18-11(16(21)22)7-26-6-10-12(19)5-13(24-3)9(2)15(10)17(23)25-8/h5,8,11,19H,4,6-7H2,1-3H3,(H,18,20)(H,21,22)/t8-,11+/m1/s1. The van der Waals surface area contributed by atoms with Crippen molar-refractivity contribution in [1.29, 1.82) is 0 Å². The molecule has 2 atom stereocenters. The Bertz CT molecular complexity index is 734. The summed E-state index contributed by atoms with van der Waals surface area (Å²) < 4.78 is 10.5. The van der Waals surface area contributed by atoms with E-state index in [1.165, 1.54) is 24.9 Å². The zero-order valence-electron chi connectivity index (χ0n) is 14.7. The summed E-state index contributed by atoms with van der Waals surface area (Å²) in [5.74, 6) is -1.85. The average molecular weight is 383 g/mol. The first-order chi connectivity index (χ1) is 12.2. The number of hydrogen-bond donors (Lipinski definition) is 3. The zero-order chi connectivity index (χ0) is 19.4. The Labute approximate surface area is 154 Å². The van der Waals surface area contributed by atoms with Gasteiger partial charge in [0, 0.05) is 28.7 Å². The normalized spacial score (nSPS) is 21.5. The third kappa shape index (κ3) is 4.40. The molecule has 142 valence electrons. The number of carbonyl (C=O) groups excluding carboxylic acids is 2. The topological polar surface area (TPSA) is 122 Å². The second kappa shape index (κ2) is 8.31. The molecule has 1 aliphatic rings. The molecular formula is C17H21NO7S. The molecule has 1 aliphatic heterocycles. The van der Waals surface area contributed by atoms with E-state index in [1.807, 2.05) is 0 Å². The Kier molecular flexibility index (Phi) is 6.36. The number of aliphatic carboxylic acids is 1. The molecule has 1 aromatic rings. The van der Waals surface area contributed by atoms with Gasteiger partial charge in [-0.15, -0.1) is 0 Å². The molecule has 1 amide bonds. The first kappa shape index (κ1) is 19.9. The van der Waals surface area contributed by atoms with Gasteiger partial charge < -0.3 is 25.0 Å². The second-order valence-electron chi connectivity index (χ2n) is 5.97. The zero-order valence-corrected chi connectivity index (χ0v) is 15.5. The minimum Gasteiger partial charge on any atom is -0.507 e. The minimum atomic E-state index is -1.15. The van der Waals surface area contributed by atoms with Crippen molar-refractivity contribution in [3.63, 3.8) is 0 Å². The second-order valence-corrected chi connectivity index (χ2v) is 7.00. The van der Waals surface area contributed by atoms with Crippen LogP contribution in [0.2, 0.25) is 0 Å². The number of methoxy groups -OCH3 is 1. The van der Waals surface area contributed by atoms with E-state index in [-0.39, 0.29) is 29.2 Å². The van der Waals surface area contributed by atoms with E-state index in [0.29, 0.717) is 16.9 Å². The van der Waals surface area contributed by atoms with Gasteiger partial charge in [0.15, 0.2) is 0 Å². The summed E-state index contributed by atoms with van der Waals surface area (Å²) >= 11 is 1.18. The summed E-state index contributed by atoms with van der Waals surface area (Å²) in [6.45, 7) is 3.22. The van der Waals surface area contributed by atoms with E-state index in [1.54, 1.807) is 13.8 Å². The number of rotatable bonds is 2. The van der Waals surface area contributed by atoms with Crippen LogP contribution in [0.15, 0.2) is 6.07 Å². The lowest BCUT2D eigenvalue weighted by Crippen LogP contribution is -2.43. The maximum atomic E-state index is 12.6. The summed E-state index contributed by atoms with van der Waals surface area (Å²) in [6.07, 6.45) is -0.922. The van der Waals surface area contributed by atoms with Crippen LogP contribution in [0.3, 0.4) is 0 Å². The number of amides is 1. The molecule has 0 unspecified atom stereocenters. The number of benzene rings is 1. The molecule has 26 heavy (non-hydrogen) atoms. The summed E-state index contributed by atoms with van der Waals surface area (Å²) in [5, 5.41) is 22.0. The maximum absolute atomic E-state index is 12.6. The largest absolute Gasteiger partial charge is 0.507 e. The molecule has 0 spiro atoms. The van der Waals surface area contributed by atoms with Crippen molar-refractivity contribution in [2.45, 2.75) is 38.2 Å². The third-order valence-corrected chi connectivity index (χ3v) is 5.05. The van der Waals surface area contributed by atoms with Crippen LogP contribution in [-0.2, 0) is 20.1 Å². The molecule has 0 saturated heterocycles. The van der Waals surface area contributed by atoms with Gasteiger partial charge >= 0.3 is 11.9 Å². The SMILES string of the molecule is COc1cc(O)c2c(c1C)C(=O)O[C@H](C)CC(=O)N[C@H](C(=O)O)CSC2. The summed E-state index contributed by atoms with van der Waals surface area (Å²) in [4.78, 5) is 35.9. The van der Waals surface area contributed by atoms with Gasteiger partial charge in [-0.2, -0.15) is 11.8 Å². The van der Waals surface area contributed by atoms with Crippen LogP contribution in [0.5, 0.6) is 11.5 Å². The predicted octanol–water partition coefficient (Wildman–Crippen LogP) is 1.46. The number of ether oxygens (including phenoxy) is 2. The van der Waals surface area contributed by atoms with Crippen molar-refractivity contribution < 1.29 is 34.1 Å². The lowest BCUT2D eigenvalue weighted by molar-refractivity contribution is -0.141. The van der Waals surface area contributed by atoms with E-state index in [0.717, 1.165) is 0 Å². The van der Waals surface area contributed by atoms with Crippen molar-refractivity contribution in [3.8, 4) is 11.5 Å². The highest BCUT2D eigenvalue weighted by atomic mass is 32.2. The van der Waals surface area contributed by atoms with Gasteiger partial charge in [0.1, 0.15) is 23.6 Å². The highest BCUT2D eigenvalue weighted by Gasteiger charge is 2.28. The number of carboxylic acids is 1. The van der Waals surface area contributed by atoms with Crippen LogP contribution >= 0.6 is 11.8 Å². The highest BCUT2D eigenvalue weighted by Crippen LogP contribution is 2.35. The summed E-state index contributed by atoms with van der Waals surface area (Å²) in [7, 11) is 1.42. The van der Waals surface area contributed by atoms with Gasteiger partial charge in [-0.25, -0.2) is 9.59 Å². The number of fused-ring (bicyclic) bond motifs is 1. The van der Waals surface area contributed by atoms with E-state index in [2.05, 4.69) is 5.32 Å². The third-order valence-electron chi connectivity index (χ3n) is 3.99. The number of hydrogen-bond acceptors (Lipinski definition) is 7. The minimum absolute atomic E-state index is 0.0917. The molecule has 1 heterocycles. The Balaban J connectivity index is 2.47. The smallest absolute Gasteiger partial charge is 0.339 e. The molecular weight excluding hydrogens is 362 g/mol. The molecule has 1 aromatic carbocycles. The van der Waals surface area contributed by atoms with Gasteiger partial charge in [0.2, 0.25) is 5.91 Å². The Morgan fingerprint density at radius 1 is 1.42 bits per heavy atom. The van der Waals surface area contributed by atoms with E-state index >= 15 is 0 Å². The van der Waals surface area contributed by atoms with Crippen molar-refractivity contribution in [2.24, 2.45) is 0 Å². The van der Waals surface area contributed by atoms with Gasteiger partial charge in [0.05, 0.1) is 19.1 Å². The number of esters is 1. The molecule has 0 saturated carbocycles. The fourth-order valence-electron chi connectivity index (χ4n) is 2.68. The molecule has 0 aliphatic carbocycles. The molecule has 9 heteroatoms. The fourth-order valence-corrected chi connectivity index (χ4v) is 3.76. The number of phenolic OH excluding ortho intramolecular Hbond substituents is 1. The van der Waals surface area contributed by atoms with Crippen molar-refractivity contribution in [3.05, 3.63) is 22.8 Å². The summed E-state index contributed by atoms with van der Waals surface area (Å²) in [5.41, 5.74) is 1.03. The number of carboxylic acid groups (broad SMARTS) is 1. The lowest BCUT2D eigenvalue weighted by Gasteiger charge is -2.21. The Hall–Kier alpha value is -2.42. The number of aromatic hydroxyl groups is 1. The quantitative estimate of drug-likeness (QED) is 0.656. The summed E-state index contributed by atoms with van der Waals surface area (Å²) in [6, 6.07) is 0.341. The van der Waals surface area contributed by atoms with Crippen LogP contribution in [-0.4, -0.2) is 53.1 Å². The number of nitrogens with one attached hydrogen (secondary N) is 1. The van der Waals surface area contributed by atoms with Crippen LogP contribution in [0, 0.1) is 6.92 Å². The Morgan fingerprint density at radius 2 is 2.12 bits per heavy atom. The average Bonchev–Trinajstić information content (AvgIpc) is 2.54. The molecule has 0 fully saturated rings. The first-order valence-corrected chi connectivity index (χ1v) is 9.10. The predicted molar refractivity (Wildman–Crippen MR) is 94.6 cm³/mol. The molecule has 8 nitrogen and oxygen atoms in total. The van der Waals surface area contributed by atoms with Crippen molar-refractivity contribution >= 4 is 29.6 Å². The monoisotopic (exact) mass is 383 g/mol. The van der Waals surface area contributed by atoms with Crippen LogP contribution in [0.4, 0.5) is 0 Å². The van der Waals surface area contributed by atoms with Crippen LogP contribution < -0.4 is 10.1 Å². The van der Waals surface area contributed by atoms with Crippen molar-refractivity contribution in [2.75, 3.05) is 12.9 Å². The van der Waals surface area contributed by atoms with Gasteiger partial charge in [-0.1, -0.05) is 0 Å². The Morgan fingerprint density at radius 3 is 2.73 bits per heavy atom. The number of cyclic esters (lactones) is 1. The maximum Gasteiger partial charge on any atom is 0.339 e. The molecule has 3 N–H and O–H groups in total. The number of phenols is 1. The van der Waals surface area contributed by atoms with Gasteiger partial charge in [0.25, 0.3) is 0 Å². The van der Waals surface area contributed by atoms with Gasteiger partial charge in [-0.05, 0) is 13.8 Å². The van der Waals surface area contributed by atoms with Crippen LogP contribution in [0.25, 0.3) is 0 Å².